The highest BCUT2D eigenvalue weighted by Crippen LogP contribution is 2.42. The van der Waals surface area contributed by atoms with Crippen molar-refractivity contribution in [2.75, 3.05) is 26.7 Å². The number of benzene rings is 1. The third-order valence-corrected chi connectivity index (χ3v) is 7.21. The zero-order chi connectivity index (χ0) is 18.2. The summed E-state index contributed by atoms with van der Waals surface area (Å²) in [4.78, 5) is 13.3. The number of hydrogen-bond donors (Lipinski definition) is 1. The lowest BCUT2D eigenvalue weighted by molar-refractivity contribution is -0.928. The standard InChI is InChI=1S/C22H32NO3.HI/c1-23-14-12-17(13-15-23)20(16-23)26-21(24)22(25,18-8-4-2-5-9-18)19-10-6-3-7-11-19;/h2,4-5,8-9,17,19-20,25H,3,6-7,10-16H2,1H3;1H/q+1;/p-1/t17?,20-,22-,23?;/m0./s1. The smallest absolute Gasteiger partial charge is 0.343 e. The number of carbonyl (C=O) groups is 1. The summed E-state index contributed by atoms with van der Waals surface area (Å²) in [6.45, 7) is 3.26. The first-order valence-electron chi connectivity index (χ1n) is 10.3. The van der Waals surface area contributed by atoms with Crippen molar-refractivity contribution in [1.29, 1.82) is 0 Å². The van der Waals surface area contributed by atoms with Gasteiger partial charge < -0.3 is 38.3 Å². The van der Waals surface area contributed by atoms with E-state index in [0.717, 1.165) is 49.6 Å². The van der Waals surface area contributed by atoms with E-state index in [4.69, 9.17) is 4.74 Å². The quantitative estimate of drug-likeness (QED) is 0.378. The fourth-order valence-electron chi connectivity index (χ4n) is 5.44. The number of carbonyl (C=O) groups excluding carboxylic acids is 1. The second-order valence-electron chi connectivity index (χ2n) is 9.00. The maximum absolute atomic E-state index is 13.3. The van der Waals surface area contributed by atoms with E-state index in [9.17, 15) is 9.90 Å². The van der Waals surface area contributed by atoms with Crippen molar-refractivity contribution in [3.8, 4) is 0 Å². The molecule has 1 aromatic carbocycles. The summed E-state index contributed by atoms with van der Waals surface area (Å²) in [5, 5.41) is 11.7. The minimum Gasteiger partial charge on any atom is -1.00 e. The third kappa shape index (κ3) is 4.06. The molecule has 5 rings (SSSR count). The van der Waals surface area contributed by atoms with Crippen molar-refractivity contribution >= 4 is 5.97 Å². The molecule has 1 aromatic rings. The second kappa shape index (κ2) is 8.37. The lowest BCUT2D eigenvalue weighted by Gasteiger charge is -2.50. The highest BCUT2D eigenvalue weighted by atomic mass is 127. The number of piperidine rings is 3. The number of esters is 1. The lowest BCUT2D eigenvalue weighted by atomic mass is 9.73. The fourth-order valence-corrected chi connectivity index (χ4v) is 5.44. The maximum atomic E-state index is 13.3. The van der Waals surface area contributed by atoms with Gasteiger partial charge in [0.15, 0.2) is 11.7 Å². The number of nitrogens with zero attached hydrogens (tertiary/aromatic N) is 1. The number of ether oxygens (including phenoxy) is 1. The highest BCUT2D eigenvalue weighted by Gasteiger charge is 2.51. The Bertz CT molecular complexity index is 638. The second-order valence-corrected chi connectivity index (χ2v) is 9.00. The summed E-state index contributed by atoms with van der Waals surface area (Å²) in [7, 11) is 2.26. The van der Waals surface area contributed by atoms with Crippen molar-refractivity contribution in [1.82, 2.24) is 0 Å². The Morgan fingerprint density at radius 2 is 1.70 bits per heavy atom. The number of hydrogen-bond acceptors (Lipinski definition) is 3. The molecule has 0 spiro atoms. The molecule has 1 aliphatic carbocycles. The lowest BCUT2D eigenvalue weighted by Crippen LogP contribution is -3.00. The van der Waals surface area contributed by atoms with Gasteiger partial charge in [0, 0.05) is 24.7 Å². The third-order valence-electron chi connectivity index (χ3n) is 7.21. The summed E-state index contributed by atoms with van der Waals surface area (Å²) >= 11 is 0. The van der Waals surface area contributed by atoms with Crippen LogP contribution in [0.4, 0.5) is 0 Å². The van der Waals surface area contributed by atoms with Gasteiger partial charge in [-0.15, -0.1) is 0 Å². The Morgan fingerprint density at radius 1 is 1.07 bits per heavy atom. The van der Waals surface area contributed by atoms with E-state index in [2.05, 4.69) is 7.05 Å². The molecular formula is C22H32INO3. The number of likely N-dealkylation sites (N-methyl/N-ethyl adjacent to an activating group) is 1. The summed E-state index contributed by atoms with van der Waals surface area (Å²) in [5.41, 5.74) is -0.815. The molecule has 4 fully saturated rings. The molecule has 0 amide bonds. The summed E-state index contributed by atoms with van der Waals surface area (Å²) in [6.07, 6.45) is 7.33. The van der Waals surface area contributed by atoms with Gasteiger partial charge in [-0.25, -0.2) is 4.79 Å². The van der Waals surface area contributed by atoms with Crippen LogP contribution in [0.1, 0.15) is 50.5 Å². The molecule has 1 saturated carbocycles. The molecule has 2 bridgehead atoms. The van der Waals surface area contributed by atoms with E-state index in [-0.39, 0.29) is 36.0 Å². The van der Waals surface area contributed by atoms with E-state index < -0.39 is 11.6 Å². The van der Waals surface area contributed by atoms with Crippen molar-refractivity contribution in [2.45, 2.75) is 56.7 Å². The van der Waals surface area contributed by atoms with Gasteiger partial charge in [-0.05, 0) is 18.4 Å². The first kappa shape index (κ1) is 21.1. The molecule has 0 unspecified atom stereocenters. The Balaban J connectivity index is 0.00000210. The van der Waals surface area contributed by atoms with Gasteiger partial charge in [0.05, 0.1) is 20.1 Å². The van der Waals surface area contributed by atoms with Crippen LogP contribution in [0.2, 0.25) is 0 Å². The van der Waals surface area contributed by atoms with E-state index >= 15 is 0 Å². The molecule has 0 aromatic heterocycles. The predicted octanol–water partition coefficient (Wildman–Crippen LogP) is 0.241. The van der Waals surface area contributed by atoms with Crippen molar-refractivity contribution in [3.63, 3.8) is 0 Å². The molecular weight excluding hydrogens is 453 g/mol. The molecule has 0 radical (unpaired) electrons. The average Bonchev–Trinajstić information content (AvgIpc) is 2.69. The van der Waals surface area contributed by atoms with Crippen LogP contribution in [-0.2, 0) is 15.1 Å². The first-order valence-corrected chi connectivity index (χ1v) is 10.3. The monoisotopic (exact) mass is 485 g/mol. The summed E-state index contributed by atoms with van der Waals surface area (Å²) in [5.74, 6) is 0.00299. The maximum Gasteiger partial charge on any atom is 0.343 e. The molecule has 2 atom stereocenters. The largest absolute Gasteiger partial charge is 1.00 e. The van der Waals surface area contributed by atoms with Crippen LogP contribution < -0.4 is 24.0 Å². The van der Waals surface area contributed by atoms with Crippen LogP contribution in [0.25, 0.3) is 0 Å². The Morgan fingerprint density at radius 3 is 2.30 bits per heavy atom. The predicted molar refractivity (Wildman–Crippen MR) is 100 cm³/mol. The Kier molecular flexibility index (Phi) is 6.53. The number of aliphatic hydroxyl groups is 1. The van der Waals surface area contributed by atoms with Gasteiger partial charge in [0.25, 0.3) is 0 Å². The van der Waals surface area contributed by atoms with Gasteiger partial charge in [-0.1, -0.05) is 49.6 Å². The topological polar surface area (TPSA) is 46.5 Å². The minimum atomic E-state index is -1.51. The molecule has 3 aliphatic heterocycles. The van der Waals surface area contributed by atoms with Gasteiger partial charge in [-0.2, -0.15) is 0 Å². The van der Waals surface area contributed by atoms with Gasteiger partial charge in [0.1, 0.15) is 6.54 Å². The number of rotatable bonds is 4. The zero-order valence-corrected chi connectivity index (χ0v) is 18.4. The summed E-state index contributed by atoms with van der Waals surface area (Å²) in [6, 6.07) is 9.48. The van der Waals surface area contributed by atoms with Gasteiger partial charge >= 0.3 is 5.97 Å². The molecule has 3 saturated heterocycles. The number of quaternary nitrogens is 1. The summed E-state index contributed by atoms with van der Waals surface area (Å²) < 4.78 is 7.06. The van der Waals surface area contributed by atoms with Crippen molar-refractivity contribution < 1.29 is 43.1 Å². The Hall–Kier alpha value is -0.660. The van der Waals surface area contributed by atoms with E-state index in [1.54, 1.807) is 0 Å². The van der Waals surface area contributed by atoms with Crippen LogP contribution in [0.15, 0.2) is 30.3 Å². The highest BCUT2D eigenvalue weighted by molar-refractivity contribution is 5.81. The Labute approximate surface area is 179 Å². The first-order chi connectivity index (χ1) is 12.5. The molecule has 150 valence electrons. The SMILES string of the molecule is C[N+]12CCC(CC1)[C@@H](OC(=O)[C@](O)(c1ccccc1)C1CCCCC1)C2.[I-]. The van der Waals surface area contributed by atoms with Crippen LogP contribution in [0.5, 0.6) is 0 Å². The number of halogens is 1. The van der Waals surface area contributed by atoms with Crippen molar-refractivity contribution in [2.24, 2.45) is 11.8 Å². The fraction of sp³-hybridized carbons (Fsp3) is 0.682. The molecule has 5 heteroatoms. The van der Waals surface area contributed by atoms with Crippen LogP contribution in [0.3, 0.4) is 0 Å². The van der Waals surface area contributed by atoms with Crippen LogP contribution in [-0.4, -0.2) is 48.3 Å². The van der Waals surface area contributed by atoms with Gasteiger partial charge in [-0.3, -0.25) is 0 Å². The van der Waals surface area contributed by atoms with Crippen molar-refractivity contribution in [3.05, 3.63) is 35.9 Å². The molecule has 27 heavy (non-hydrogen) atoms. The van der Waals surface area contributed by atoms with E-state index in [1.807, 2.05) is 30.3 Å². The molecule has 1 N–H and O–H groups in total. The number of fused-ring (bicyclic) bond motifs is 3. The molecule has 4 nitrogen and oxygen atoms in total. The average molecular weight is 485 g/mol. The molecule has 3 heterocycles. The normalized spacial score (nSPS) is 33.0. The zero-order valence-electron chi connectivity index (χ0n) is 16.3. The van der Waals surface area contributed by atoms with Gasteiger partial charge in [0.2, 0.25) is 0 Å². The van der Waals surface area contributed by atoms with E-state index in [1.165, 1.54) is 19.5 Å². The minimum absolute atomic E-state index is 0. The molecule has 4 aliphatic rings. The van der Waals surface area contributed by atoms with E-state index in [0.29, 0.717) is 11.5 Å². The van der Waals surface area contributed by atoms with Crippen LogP contribution in [0, 0.1) is 11.8 Å². The van der Waals surface area contributed by atoms with Crippen LogP contribution >= 0.6 is 0 Å².